The van der Waals surface area contributed by atoms with Gasteiger partial charge in [0.1, 0.15) is 0 Å². The lowest BCUT2D eigenvalue weighted by atomic mass is 10.0. The van der Waals surface area contributed by atoms with Gasteiger partial charge in [0.05, 0.1) is 0 Å². The van der Waals surface area contributed by atoms with Crippen molar-refractivity contribution in [3.63, 3.8) is 0 Å². The van der Waals surface area contributed by atoms with E-state index in [1.807, 2.05) is 24.3 Å². The molecule has 2 amide bonds. The number of hydrogen-bond donors (Lipinski definition) is 2. The van der Waals surface area contributed by atoms with E-state index in [1.54, 1.807) is 4.90 Å². The molecule has 0 saturated carbocycles. The van der Waals surface area contributed by atoms with Crippen molar-refractivity contribution in [2.75, 3.05) is 19.7 Å². The van der Waals surface area contributed by atoms with Crippen LogP contribution in [0.2, 0.25) is 0 Å². The van der Waals surface area contributed by atoms with Crippen LogP contribution >= 0.6 is 0 Å². The molecule has 0 unspecified atom stereocenters. The Bertz CT molecular complexity index is 615. The summed E-state index contributed by atoms with van der Waals surface area (Å²) in [6.07, 6.45) is 0. The molecule has 1 aliphatic rings. The van der Waals surface area contributed by atoms with Crippen molar-refractivity contribution < 1.29 is 9.90 Å². The maximum absolute atomic E-state index is 11.9. The highest BCUT2D eigenvalue weighted by Crippen LogP contribution is 2.19. The fourth-order valence-electron chi connectivity index (χ4n) is 2.58. The smallest absolute Gasteiger partial charge is 0.317 e. The zero-order valence-corrected chi connectivity index (χ0v) is 11.2. The van der Waals surface area contributed by atoms with Gasteiger partial charge in [-0.25, -0.2) is 4.79 Å². The first-order valence-corrected chi connectivity index (χ1v) is 6.88. The van der Waals surface area contributed by atoms with Crippen LogP contribution in [0.4, 0.5) is 4.79 Å². The van der Waals surface area contributed by atoms with Gasteiger partial charge in [-0.3, -0.25) is 0 Å². The summed E-state index contributed by atoms with van der Waals surface area (Å²) < 4.78 is 0. The molecule has 0 spiro atoms. The average molecular weight is 270 g/mol. The molecule has 4 heteroatoms. The molecule has 1 aliphatic heterocycles. The molecule has 4 nitrogen and oxygen atoms in total. The molecule has 1 heterocycles. The van der Waals surface area contributed by atoms with E-state index in [1.165, 1.54) is 10.8 Å². The van der Waals surface area contributed by atoms with Crippen molar-refractivity contribution in [2.45, 2.75) is 6.54 Å². The highest BCUT2D eigenvalue weighted by molar-refractivity contribution is 5.86. The number of carbonyl (C=O) groups is 1. The van der Waals surface area contributed by atoms with Gasteiger partial charge in [-0.2, -0.15) is 0 Å². The first-order chi connectivity index (χ1) is 9.78. The van der Waals surface area contributed by atoms with E-state index in [2.05, 4.69) is 23.5 Å². The minimum absolute atomic E-state index is 0.0531. The molecule has 2 aromatic rings. The van der Waals surface area contributed by atoms with Gasteiger partial charge in [0, 0.05) is 32.2 Å². The number of nitrogens with one attached hydrogen (secondary N) is 1. The van der Waals surface area contributed by atoms with E-state index >= 15 is 0 Å². The fourth-order valence-corrected chi connectivity index (χ4v) is 2.58. The Balaban J connectivity index is 1.64. The maximum Gasteiger partial charge on any atom is 0.317 e. The lowest BCUT2D eigenvalue weighted by Crippen LogP contribution is -2.54. The molecule has 0 atom stereocenters. The zero-order valence-electron chi connectivity index (χ0n) is 11.2. The van der Waals surface area contributed by atoms with Gasteiger partial charge in [-0.15, -0.1) is 0 Å². The van der Waals surface area contributed by atoms with Crippen molar-refractivity contribution in [3.05, 3.63) is 48.0 Å². The second-order valence-electron chi connectivity index (χ2n) is 5.25. The Morgan fingerprint density at radius 3 is 2.75 bits per heavy atom. The van der Waals surface area contributed by atoms with Crippen LogP contribution in [0.3, 0.4) is 0 Å². The Labute approximate surface area is 118 Å². The Kier molecular flexibility index (Phi) is 3.56. The van der Waals surface area contributed by atoms with E-state index in [9.17, 15) is 4.79 Å². The van der Waals surface area contributed by atoms with Gasteiger partial charge in [0.2, 0.25) is 0 Å². The van der Waals surface area contributed by atoms with Gasteiger partial charge in [-0.05, 0) is 16.3 Å². The van der Waals surface area contributed by atoms with Gasteiger partial charge < -0.3 is 15.3 Å². The lowest BCUT2D eigenvalue weighted by Gasteiger charge is -2.38. The number of hydrogen-bond acceptors (Lipinski definition) is 2. The third-order valence-electron chi connectivity index (χ3n) is 3.81. The van der Waals surface area contributed by atoms with Crippen LogP contribution in [0.1, 0.15) is 5.56 Å². The molecule has 0 bridgehead atoms. The predicted molar refractivity (Wildman–Crippen MR) is 78.3 cm³/mol. The topological polar surface area (TPSA) is 52.6 Å². The fraction of sp³-hybridized carbons (Fsp3) is 0.312. The molecule has 1 fully saturated rings. The number of benzene rings is 2. The second-order valence-corrected chi connectivity index (χ2v) is 5.25. The maximum atomic E-state index is 11.9. The number of amides is 2. The summed E-state index contributed by atoms with van der Waals surface area (Å²) in [5.41, 5.74) is 1.12. The second kappa shape index (κ2) is 5.51. The highest BCUT2D eigenvalue weighted by Gasteiger charge is 2.29. The van der Waals surface area contributed by atoms with Crippen LogP contribution < -0.4 is 5.32 Å². The van der Waals surface area contributed by atoms with Crippen LogP contribution in [-0.2, 0) is 6.54 Å². The molecule has 1 saturated heterocycles. The van der Waals surface area contributed by atoms with Gasteiger partial charge in [0.25, 0.3) is 0 Å². The molecule has 0 aromatic heterocycles. The van der Waals surface area contributed by atoms with E-state index in [0.29, 0.717) is 19.6 Å². The zero-order chi connectivity index (χ0) is 13.9. The van der Waals surface area contributed by atoms with E-state index in [0.717, 1.165) is 5.56 Å². The van der Waals surface area contributed by atoms with Gasteiger partial charge in [0.15, 0.2) is 0 Å². The van der Waals surface area contributed by atoms with Crippen molar-refractivity contribution in [1.29, 1.82) is 0 Å². The van der Waals surface area contributed by atoms with Crippen LogP contribution in [-0.4, -0.2) is 35.7 Å². The minimum atomic E-state index is -0.0531. The van der Waals surface area contributed by atoms with E-state index in [-0.39, 0.29) is 18.6 Å². The van der Waals surface area contributed by atoms with Crippen molar-refractivity contribution in [1.82, 2.24) is 10.2 Å². The van der Waals surface area contributed by atoms with Crippen LogP contribution in [0, 0.1) is 5.92 Å². The number of carbonyl (C=O) groups excluding carboxylic acids is 1. The molecule has 0 radical (unpaired) electrons. The normalized spacial score (nSPS) is 15.2. The predicted octanol–water partition coefficient (Wildman–Crippen LogP) is 1.97. The monoisotopic (exact) mass is 270 g/mol. The molecule has 3 rings (SSSR count). The number of rotatable bonds is 3. The summed E-state index contributed by atoms with van der Waals surface area (Å²) >= 11 is 0. The Morgan fingerprint density at radius 2 is 1.95 bits per heavy atom. The SMILES string of the molecule is O=C(NCc1cccc2ccccc12)N1CC(CO)C1. The molecular weight excluding hydrogens is 252 g/mol. The molecule has 0 aliphatic carbocycles. The number of urea groups is 1. The third-order valence-corrected chi connectivity index (χ3v) is 3.81. The first kappa shape index (κ1) is 12.9. The summed E-state index contributed by atoms with van der Waals surface area (Å²) in [6, 6.07) is 14.2. The summed E-state index contributed by atoms with van der Waals surface area (Å²) in [5.74, 6) is 0.248. The number of fused-ring (bicyclic) bond motifs is 1. The molecule has 20 heavy (non-hydrogen) atoms. The first-order valence-electron chi connectivity index (χ1n) is 6.88. The van der Waals surface area contributed by atoms with Crippen molar-refractivity contribution in [3.8, 4) is 0 Å². The summed E-state index contributed by atoms with van der Waals surface area (Å²) in [4.78, 5) is 13.7. The summed E-state index contributed by atoms with van der Waals surface area (Å²) in [5, 5.41) is 14.3. The quantitative estimate of drug-likeness (QED) is 0.896. The standard InChI is InChI=1S/C16H18N2O2/c19-11-12-9-18(10-12)16(20)17-8-14-6-3-5-13-4-1-2-7-15(13)14/h1-7,12,19H,8-11H2,(H,17,20). The third kappa shape index (κ3) is 2.47. The lowest BCUT2D eigenvalue weighted by molar-refractivity contribution is 0.0775. The number of nitrogens with zero attached hydrogens (tertiary/aromatic N) is 1. The van der Waals surface area contributed by atoms with E-state index < -0.39 is 0 Å². The van der Waals surface area contributed by atoms with Crippen molar-refractivity contribution >= 4 is 16.8 Å². The Morgan fingerprint density at radius 1 is 1.20 bits per heavy atom. The Hall–Kier alpha value is -2.07. The largest absolute Gasteiger partial charge is 0.396 e. The molecule has 2 aromatic carbocycles. The average Bonchev–Trinajstić information content (AvgIpc) is 2.44. The molecule has 104 valence electrons. The van der Waals surface area contributed by atoms with Gasteiger partial charge in [-0.1, -0.05) is 42.5 Å². The van der Waals surface area contributed by atoms with Crippen molar-refractivity contribution in [2.24, 2.45) is 5.92 Å². The van der Waals surface area contributed by atoms with Crippen LogP contribution in [0.5, 0.6) is 0 Å². The highest BCUT2D eigenvalue weighted by atomic mass is 16.3. The number of aliphatic hydroxyl groups excluding tert-OH is 1. The van der Waals surface area contributed by atoms with Gasteiger partial charge >= 0.3 is 6.03 Å². The molecular formula is C16H18N2O2. The number of likely N-dealkylation sites (tertiary alicyclic amines) is 1. The van der Waals surface area contributed by atoms with Crippen LogP contribution in [0.25, 0.3) is 10.8 Å². The van der Waals surface area contributed by atoms with E-state index in [4.69, 9.17) is 5.11 Å². The summed E-state index contributed by atoms with van der Waals surface area (Å²) in [7, 11) is 0. The molecule has 2 N–H and O–H groups in total. The van der Waals surface area contributed by atoms with Crippen LogP contribution in [0.15, 0.2) is 42.5 Å². The minimum Gasteiger partial charge on any atom is -0.396 e. The summed E-state index contributed by atoms with van der Waals surface area (Å²) in [6.45, 7) is 1.99. The number of aliphatic hydroxyl groups is 1.